The molecule has 19 heavy (non-hydrogen) atoms. The summed E-state index contributed by atoms with van der Waals surface area (Å²) in [6.07, 6.45) is 0.379. The van der Waals surface area contributed by atoms with Crippen LogP contribution in [-0.4, -0.2) is 41.4 Å². The third kappa shape index (κ3) is 5.39. The van der Waals surface area contributed by atoms with E-state index in [0.717, 1.165) is 12.1 Å². The Kier molecular flexibility index (Phi) is 7.12. The van der Waals surface area contributed by atoms with E-state index >= 15 is 0 Å². The van der Waals surface area contributed by atoms with Gasteiger partial charge in [0, 0.05) is 25.1 Å². The molecule has 1 aromatic rings. The van der Waals surface area contributed by atoms with Gasteiger partial charge >= 0.3 is 0 Å². The van der Waals surface area contributed by atoms with Crippen LogP contribution in [0.5, 0.6) is 0 Å². The zero-order valence-corrected chi connectivity index (χ0v) is 11.2. The highest BCUT2D eigenvalue weighted by atomic mass is 19.1. The van der Waals surface area contributed by atoms with Crippen molar-refractivity contribution >= 4 is 0 Å². The highest BCUT2D eigenvalue weighted by molar-refractivity contribution is 5.41. The van der Waals surface area contributed by atoms with E-state index in [9.17, 15) is 4.39 Å². The third-order valence-electron chi connectivity index (χ3n) is 2.79. The summed E-state index contributed by atoms with van der Waals surface area (Å²) in [5.74, 6) is 5.38. The van der Waals surface area contributed by atoms with E-state index in [0.29, 0.717) is 25.1 Å². The number of halogens is 1. The molecule has 1 aromatic carbocycles. The maximum absolute atomic E-state index is 13.3. The van der Waals surface area contributed by atoms with Gasteiger partial charge in [0.2, 0.25) is 0 Å². The first-order chi connectivity index (χ1) is 9.21. The van der Waals surface area contributed by atoms with Gasteiger partial charge < -0.3 is 10.2 Å². The molecule has 0 atom stereocenters. The Labute approximate surface area is 113 Å². The van der Waals surface area contributed by atoms with Crippen molar-refractivity contribution in [1.82, 2.24) is 4.90 Å². The standard InChI is InChI=1S/C15H20FNO2/c1-2-17(8-10-19)12-14-6-7-15(16)11-13(14)5-3-4-9-18/h6-7,11,18-19H,2,4,8-10,12H2,1H3. The molecule has 0 fully saturated rings. The zero-order valence-electron chi connectivity index (χ0n) is 11.2. The van der Waals surface area contributed by atoms with Gasteiger partial charge in [0.05, 0.1) is 13.2 Å². The van der Waals surface area contributed by atoms with Gasteiger partial charge in [0.1, 0.15) is 5.82 Å². The van der Waals surface area contributed by atoms with Gasteiger partial charge in [-0.1, -0.05) is 24.8 Å². The van der Waals surface area contributed by atoms with Gasteiger partial charge in [-0.05, 0) is 24.2 Å². The Hall–Kier alpha value is -1.41. The summed E-state index contributed by atoms with van der Waals surface area (Å²) in [6.45, 7) is 4.12. The fraction of sp³-hybridized carbons (Fsp3) is 0.467. The highest BCUT2D eigenvalue weighted by Crippen LogP contribution is 2.13. The zero-order chi connectivity index (χ0) is 14.1. The van der Waals surface area contributed by atoms with Crippen LogP contribution in [0.4, 0.5) is 4.39 Å². The maximum Gasteiger partial charge on any atom is 0.124 e. The third-order valence-corrected chi connectivity index (χ3v) is 2.79. The Bertz CT molecular complexity index is 451. The van der Waals surface area contributed by atoms with Crippen LogP contribution in [0.2, 0.25) is 0 Å². The summed E-state index contributed by atoms with van der Waals surface area (Å²) in [4.78, 5) is 2.06. The van der Waals surface area contributed by atoms with Crippen LogP contribution >= 0.6 is 0 Å². The molecule has 0 saturated carbocycles. The number of nitrogens with zero attached hydrogens (tertiary/aromatic N) is 1. The van der Waals surface area contributed by atoms with Crippen molar-refractivity contribution in [2.45, 2.75) is 19.9 Å². The molecule has 4 heteroatoms. The topological polar surface area (TPSA) is 43.7 Å². The summed E-state index contributed by atoms with van der Waals surface area (Å²) < 4.78 is 13.3. The highest BCUT2D eigenvalue weighted by Gasteiger charge is 2.07. The molecule has 0 spiro atoms. The molecule has 104 valence electrons. The molecule has 1 rings (SSSR count). The monoisotopic (exact) mass is 265 g/mol. The smallest absolute Gasteiger partial charge is 0.124 e. The van der Waals surface area contributed by atoms with Crippen molar-refractivity contribution in [1.29, 1.82) is 0 Å². The molecule has 0 aromatic heterocycles. The molecule has 0 amide bonds. The number of aliphatic hydroxyl groups excluding tert-OH is 2. The summed E-state index contributed by atoms with van der Waals surface area (Å²) in [6, 6.07) is 4.55. The lowest BCUT2D eigenvalue weighted by molar-refractivity contribution is 0.196. The Morgan fingerprint density at radius 1 is 1.26 bits per heavy atom. The van der Waals surface area contributed by atoms with Crippen molar-refractivity contribution in [2.24, 2.45) is 0 Å². The SMILES string of the molecule is CCN(CCO)Cc1ccc(F)cc1C#CCCO. The van der Waals surface area contributed by atoms with Gasteiger partial charge in [0.15, 0.2) is 0 Å². The summed E-state index contributed by atoms with van der Waals surface area (Å²) in [7, 11) is 0. The molecule has 0 aliphatic carbocycles. The summed E-state index contributed by atoms with van der Waals surface area (Å²) in [5, 5.41) is 17.7. The van der Waals surface area contributed by atoms with Crippen LogP contribution < -0.4 is 0 Å². The van der Waals surface area contributed by atoms with E-state index in [4.69, 9.17) is 10.2 Å². The van der Waals surface area contributed by atoms with E-state index < -0.39 is 0 Å². The minimum Gasteiger partial charge on any atom is -0.395 e. The van der Waals surface area contributed by atoms with Crippen LogP contribution in [0.25, 0.3) is 0 Å². The molecular formula is C15H20FNO2. The molecule has 2 N–H and O–H groups in total. The molecule has 0 saturated heterocycles. The predicted octanol–water partition coefficient (Wildman–Crippen LogP) is 1.37. The second kappa shape index (κ2) is 8.65. The van der Waals surface area contributed by atoms with Crippen molar-refractivity contribution in [3.8, 4) is 11.8 Å². The molecular weight excluding hydrogens is 245 g/mol. The number of hydrogen-bond acceptors (Lipinski definition) is 3. The van der Waals surface area contributed by atoms with Gasteiger partial charge in [-0.2, -0.15) is 0 Å². The van der Waals surface area contributed by atoms with E-state index in [1.54, 1.807) is 6.07 Å². The van der Waals surface area contributed by atoms with E-state index in [1.807, 2.05) is 6.92 Å². The van der Waals surface area contributed by atoms with Crippen molar-refractivity contribution in [3.05, 3.63) is 35.1 Å². The number of hydrogen-bond donors (Lipinski definition) is 2. The molecule has 0 aliphatic rings. The van der Waals surface area contributed by atoms with Gasteiger partial charge in [-0.15, -0.1) is 0 Å². The first kappa shape index (κ1) is 15.6. The van der Waals surface area contributed by atoms with E-state index in [1.165, 1.54) is 12.1 Å². The Morgan fingerprint density at radius 2 is 2.05 bits per heavy atom. The summed E-state index contributed by atoms with van der Waals surface area (Å²) >= 11 is 0. The molecule has 0 bridgehead atoms. The fourth-order valence-electron chi connectivity index (χ4n) is 1.75. The maximum atomic E-state index is 13.3. The Balaban J connectivity index is 2.90. The quantitative estimate of drug-likeness (QED) is 0.764. The minimum absolute atomic E-state index is 0.00322. The number of rotatable bonds is 6. The van der Waals surface area contributed by atoms with Crippen LogP contribution in [0, 0.1) is 17.7 Å². The molecule has 0 heterocycles. The lowest BCUT2D eigenvalue weighted by atomic mass is 10.1. The number of benzene rings is 1. The second-order valence-electron chi connectivity index (χ2n) is 4.17. The first-order valence-corrected chi connectivity index (χ1v) is 6.42. The van der Waals surface area contributed by atoms with Crippen molar-refractivity contribution in [2.75, 3.05) is 26.3 Å². The largest absolute Gasteiger partial charge is 0.395 e. The second-order valence-corrected chi connectivity index (χ2v) is 4.17. The summed E-state index contributed by atoms with van der Waals surface area (Å²) in [5.41, 5.74) is 1.58. The minimum atomic E-state index is -0.317. The first-order valence-electron chi connectivity index (χ1n) is 6.42. The number of likely N-dealkylation sites (N-methyl/N-ethyl adjacent to an activating group) is 1. The normalized spacial score (nSPS) is 10.4. The average molecular weight is 265 g/mol. The van der Waals surface area contributed by atoms with Crippen molar-refractivity contribution < 1.29 is 14.6 Å². The lowest BCUT2D eigenvalue weighted by Crippen LogP contribution is -2.26. The molecule has 0 aliphatic heterocycles. The molecule has 0 unspecified atom stereocenters. The molecule has 0 radical (unpaired) electrons. The van der Waals surface area contributed by atoms with Gasteiger partial charge in [0.25, 0.3) is 0 Å². The fourth-order valence-corrected chi connectivity index (χ4v) is 1.75. The van der Waals surface area contributed by atoms with Gasteiger partial charge in [-0.3, -0.25) is 4.90 Å². The van der Waals surface area contributed by atoms with E-state index in [-0.39, 0.29) is 19.0 Å². The van der Waals surface area contributed by atoms with Crippen LogP contribution in [-0.2, 0) is 6.54 Å². The number of aliphatic hydroxyl groups is 2. The predicted molar refractivity (Wildman–Crippen MR) is 73.0 cm³/mol. The lowest BCUT2D eigenvalue weighted by Gasteiger charge is -2.19. The average Bonchev–Trinajstić information content (AvgIpc) is 2.41. The van der Waals surface area contributed by atoms with Crippen LogP contribution in [0.1, 0.15) is 24.5 Å². The molecule has 3 nitrogen and oxygen atoms in total. The van der Waals surface area contributed by atoms with Gasteiger partial charge in [-0.25, -0.2) is 4.39 Å². The van der Waals surface area contributed by atoms with Crippen LogP contribution in [0.15, 0.2) is 18.2 Å². The Morgan fingerprint density at radius 3 is 2.68 bits per heavy atom. The van der Waals surface area contributed by atoms with Crippen LogP contribution in [0.3, 0.4) is 0 Å². The van der Waals surface area contributed by atoms with Crippen molar-refractivity contribution in [3.63, 3.8) is 0 Å². The van der Waals surface area contributed by atoms with E-state index in [2.05, 4.69) is 16.7 Å².